The van der Waals surface area contributed by atoms with Crippen molar-refractivity contribution < 1.29 is 23.9 Å². The van der Waals surface area contributed by atoms with E-state index in [1.807, 2.05) is 0 Å². The molecular formula is C26H27Cl2FN4O4S. The minimum atomic E-state index is -1.20. The largest absolute Gasteiger partial charge is 0.478 e. The smallest absolute Gasteiger partial charge is 0.335 e. The molecule has 12 heteroatoms. The second-order valence-corrected chi connectivity index (χ2v) is 10.5. The Kier molecular flexibility index (Phi) is 9.83. The molecule has 1 aliphatic heterocycles. The van der Waals surface area contributed by atoms with E-state index in [4.69, 9.17) is 11.6 Å². The summed E-state index contributed by atoms with van der Waals surface area (Å²) >= 11 is 7.71. The number of benzene rings is 2. The van der Waals surface area contributed by atoms with Gasteiger partial charge in [0.2, 0.25) is 5.91 Å². The SMILES string of the molecule is CC(C)N1CCc2nc(C(=O)Nc3cc(C(=O)O)cc(Cl)c3CCC(=O)Nc3ccc(F)cc3)sc2C1.Cl. The molecule has 0 saturated heterocycles. The Morgan fingerprint density at radius 2 is 1.89 bits per heavy atom. The van der Waals surface area contributed by atoms with Crippen molar-refractivity contribution in [3.63, 3.8) is 0 Å². The first-order valence-electron chi connectivity index (χ1n) is 11.8. The highest BCUT2D eigenvalue weighted by Gasteiger charge is 2.25. The third-order valence-corrected chi connectivity index (χ3v) is 7.52. The third-order valence-electron chi connectivity index (χ3n) is 6.11. The Morgan fingerprint density at radius 1 is 1.18 bits per heavy atom. The topological polar surface area (TPSA) is 112 Å². The molecule has 0 radical (unpaired) electrons. The van der Waals surface area contributed by atoms with E-state index in [0.717, 1.165) is 30.1 Å². The average molecular weight is 581 g/mol. The van der Waals surface area contributed by atoms with E-state index in [1.165, 1.54) is 47.7 Å². The number of hydrogen-bond acceptors (Lipinski definition) is 6. The van der Waals surface area contributed by atoms with Crippen molar-refractivity contribution in [2.45, 2.75) is 45.7 Å². The van der Waals surface area contributed by atoms with Gasteiger partial charge in [0.1, 0.15) is 5.82 Å². The van der Waals surface area contributed by atoms with Gasteiger partial charge in [-0.15, -0.1) is 23.7 Å². The lowest BCUT2D eigenvalue weighted by Gasteiger charge is -2.29. The zero-order chi connectivity index (χ0) is 26.7. The second kappa shape index (κ2) is 12.7. The Balaban J connectivity index is 0.00000400. The molecule has 1 aromatic heterocycles. The van der Waals surface area contributed by atoms with Gasteiger partial charge in [0.15, 0.2) is 5.01 Å². The lowest BCUT2D eigenvalue weighted by molar-refractivity contribution is -0.116. The van der Waals surface area contributed by atoms with Crippen LogP contribution in [0, 0.1) is 5.82 Å². The maximum absolute atomic E-state index is 13.1. The molecule has 0 atom stereocenters. The highest BCUT2D eigenvalue weighted by atomic mass is 35.5. The van der Waals surface area contributed by atoms with Crippen LogP contribution in [0.25, 0.3) is 0 Å². The molecule has 4 rings (SSSR count). The quantitative estimate of drug-likeness (QED) is 0.317. The van der Waals surface area contributed by atoms with Gasteiger partial charge in [0.05, 0.1) is 11.3 Å². The molecule has 2 amide bonds. The summed E-state index contributed by atoms with van der Waals surface area (Å²) in [5, 5.41) is 15.3. The predicted octanol–water partition coefficient (Wildman–Crippen LogP) is 5.65. The van der Waals surface area contributed by atoms with Gasteiger partial charge in [0.25, 0.3) is 5.91 Å². The van der Waals surface area contributed by atoms with Crippen LogP contribution in [0.5, 0.6) is 0 Å². The number of hydrogen-bond donors (Lipinski definition) is 3. The lowest BCUT2D eigenvalue weighted by Crippen LogP contribution is -2.35. The van der Waals surface area contributed by atoms with E-state index in [2.05, 4.69) is 34.4 Å². The molecule has 8 nitrogen and oxygen atoms in total. The van der Waals surface area contributed by atoms with Crippen LogP contribution in [0.3, 0.4) is 0 Å². The summed E-state index contributed by atoms with van der Waals surface area (Å²) in [6.07, 6.45) is 0.897. The van der Waals surface area contributed by atoms with Crippen molar-refractivity contribution in [3.05, 3.63) is 73.9 Å². The fourth-order valence-electron chi connectivity index (χ4n) is 4.05. The number of nitrogens with one attached hydrogen (secondary N) is 2. The van der Waals surface area contributed by atoms with Crippen LogP contribution in [0.15, 0.2) is 36.4 Å². The molecule has 3 aromatic rings. The van der Waals surface area contributed by atoms with E-state index in [1.54, 1.807) is 0 Å². The van der Waals surface area contributed by atoms with Gasteiger partial charge >= 0.3 is 5.97 Å². The molecule has 0 saturated carbocycles. The highest BCUT2D eigenvalue weighted by Crippen LogP contribution is 2.31. The number of thiazole rings is 1. The summed E-state index contributed by atoms with van der Waals surface area (Å²) < 4.78 is 13.1. The fraction of sp³-hybridized carbons (Fsp3) is 0.308. The van der Waals surface area contributed by atoms with E-state index in [9.17, 15) is 23.9 Å². The van der Waals surface area contributed by atoms with Gasteiger partial charge in [-0.05, 0) is 62.2 Å². The standard InChI is InChI=1S/C26H26ClFN4O4S.ClH/c1-14(2)32-10-9-20-22(13-32)37-25(31-20)24(34)30-21-12-15(26(35)36)11-19(27)18(21)7-8-23(33)29-17-5-3-16(28)4-6-17;/h3-6,11-12,14H,7-10,13H2,1-2H3,(H,29,33)(H,30,34)(H,35,36);1H. The van der Waals surface area contributed by atoms with Crippen molar-refractivity contribution in [2.24, 2.45) is 0 Å². The number of carbonyl (C=O) groups is 3. The van der Waals surface area contributed by atoms with E-state index < -0.39 is 17.7 Å². The second-order valence-electron chi connectivity index (χ2n) is 9.00. The Morgan fingerprint density at radius 3 is 2.55 bits per heavy atom. The van der Waals surface area contributed by atoms with Gasteiger partial charge in [-0.2, -0.15) is 0 Å². The van der Waals surface area contributed by atoms with Crippen LogP contribution < -0.4 is 10.6 Å². The molecule has 0 aliphatic carbocycles. The summed E-state index contributed by atoms with van der Waals surface area (Å²) in [5.41, 5.74) is 1.90. The first-order valence-corrected chi connectivity index (χ1v) is 12.9. The average Bonchev–Trinajstić information content (AvgIpc) is 3.28. The van der Waals surface area contributed by atoms with Crippen molar-refractivity contribution in [1.29, 1.82) is 0 Å². The molecule has 2 heterocycles. The van der Waals surface area contributed by atoms with Gasteiger partial charge in [-0.25, -0.2) is 14.2 Å². The van der Waals surface area contributed by atoms with Gasteiger partial charge in [0, 0.05) is 53.2 Å². The summed E-state index contributed by atoms with van der Waals surface area (Å²) in [6, 6.07) is 8.37. The van der Waals surface area contributed by atoms with E-state index in [0.29, 0.717) is 17.3 Å². The summed E-state index contributed by atoms with van der Waals surface area (Å²) in [5.74, 6) is -2.42. The van der Waals surface area contributed by atoms with Crippen molar-refractivity contribution in [3.8, 4) is 0 Å². The number of carbonyl (C=O) groups excluding carboxylic acids is 2. The number of carboxylic acids is 1. The maximum Gasteiger partial charge on any atom is 0.335 e. The number of rotatable bonds is 8. The van der Waals surface area contributed by atoms with Crippen molar-refractivity contribution in [1.82, 2.24) is 9.88 Å². The lowest BCUT2D eigenvalue weighted by atomic mass is 10.0. The number of aromatic nitrogens is 1. The van der Waals surface area contributed by atoms with Gasteiger partial charge < -0.3 is 15.7 Å². The Bertz CT molecular complexity index is 1350. The molecule has 2 aromatic carbocycles. The van der Waals surface area contributed by atoms with Gasteiger partial charge in [-0.1, -0.05) is 11.6 Å². The maximum atomic E-state index is 13.1. The summed E-state index contributed by atoms with van der Waals surface area (Å²) in [7, 11) is 0. The number of aromatic carboxylic acids is 1. The van der Waals surface area contributed by atoms with Crippen molar-refractivity contribution in [2.75, 3.05) is 17.2 Å². The number of carboxylic acid groups (broad SMARTS) is 1. The molecule has 0 bridgehead atoms. The first-order chi connectivity index (χ1) is 17.6. The monoisotopic (exact) mass is 580 g/mol. The van der Waals surface area contributed by atoms with E-state index in [-0.39, 0.29) is 52.4 Å². The minimum absolute atomic E-state index is 0. The zero-order valence-corrected chi connectivity index (χ0v) is 23.1. The summed E-state index contributed by atoms with van der Waals surface area (Å²) in [4.78, 5) is 45.1. The molecule has 3 N–H and O–H groups in total. The molecular weight excluding hydrogens is 554 g/mol. The Hall–Kier alpha value is -3.05. The first kappa shape index (κ1) is 29.5. The molecule has 0 spiro atoms. The molecule has 0 unspecified atom stereocenters. The normalized spacial score (nSPS) is 13.0. The zero-order valence-electron chi connectivity index (χ0n) is 20.7. The van der Waals surface area contributed by atoms with Crippen LogP contribution in [-0.2, 0) is 24.2 Å². The van der Waals surface area contributed by atoms with Crippen LogP contribution >= 0.6 is 35.3 Å². The van der Waals surface area contributed by atoms with Crippen LogP contribution in [-0.4, -0.2) is 45.4 Å². The van der Waals surface area contributed by atoms with Gasteiger partial charge in [-0.3, -0.25) is 14.5 Å². The summed E-state index contributed by atoms with van der Waals surface area (Å²) in [6.45, 7) is 5.85. The van der Waals surface area contributed by atoms with Crippen LogP contribution in [0.1, 0.15) is 56.6 Å². The highest BCUT2D eigenvalue weighted by molar-refractivity contribution is 7.13. The van der Waals surface area contributed by atoms with Crippen molar-refractivity contribution >= 4 is 64.5 Å². The molecule has 0 fully saturated rings. The number of nitrogens with zero attached hydrogens (tertiary/aromatic N) is 2. The van der Waals surface area contributed by atoms with Crippen LogP contribution in [0.2, 0.25) is 5.02 Å². The number of anilines is 2. The van der Waals surface area contributed by atoms with E-state index >= 15 is 0 Å². The molecule has 38 heavy (non-hydrogen) atoms. The number of fused-ring (bicyclic) bond motifs is 1. The van der Waals surface area contributed by atoms with Crippen LogP contribution in [0.4, 0.5) is 15.8 Å². The molecule has 202 valence electrons. The molecule has 1 aliphatic rings. The number of halogens is 3. The predicted molar refractivity (Wildman–Crippen MR) is 148 cm³/mol. The Labute approximate surface area is 234 Å². The number of amides is 2. The minimum Gasteiger partial charge on any atom is -0.478 e. The third kappa shape index (κ3) is 7.08. The fourth-order valence-corrected chi connectivity index (χ4v) is 5.39.